The number of benzene rings is 1. The van der Waals surface area contributed by atoms with Crippen molar-refractivity contribution in [3.63, 3.8) is 0 Å². The second-order valence-corrected chi connectivity index (χ2v) is 5.24. The summed E-state index contributed by atoms with van der Waals surface area (Å²) < 4.78 is 18.7. The molecule has 1 fully saturated rings. The Bertz CT molecular complexity index is 467. The Morgan fingerprint density at radius 3 is 2.85 bits per heavy atom. The highest BCUT2D eigenvalue weighted by Crippen LogP contribution is 2.25. The van der Waals surface area contributed by atoms with E-state index >= 15 is 0 Å². The first-order valence-electron chi connectivity index (χ1n) is 6.97. The van der Waals surface area contributed by atoms with Crippen LogP contribution in [-0.4, -0.2) is 37.0 Å². The van der Waals surface area contributed by atoms with Gasteiger partial charge in [0.1, 0.15) is 6.61 Å². The van der Waals surface area contributed by atoms with Gasteiger partial charge in [-0.25, -0.2) is 4.39 Å². The highest BCUT2D eigenvalue weighted by Gasteiger charge is 2.31. The summed E-state index contributed by atoms with van der Waals surface area (Å²) in [5, 5.41) is 0. The molecule has 0 radical (unpaired) electrons. The smallest absolute Gasteiger partial charge is 0.227 e. The lowest BCUT2D eigenvalue weighted by Gasteiger charge is -2.23. The molecule has 0 aromatic heterocycles. The van der Waals surface area contributed by atoms with Crippen molar-refractivity contribution in [3.05, 3.63) is 30.1 Å². The van der Waals surface area contributed by atoms with E-state index in [2.05, 4.69) is 0 Å². The molecule has 4 nitrogen and oxygen atoms in total. The van der Waals surface area contributed by atoms with Gasteiger partial charge in [-0.3, -0.25) is 4.79 Å². The van der Waals surface area contributed by atoms with Crippen LogP contribution in [0.5, 0.6) is 5.75 Å². The number of para-hydroxylation sites is 1. The van der Waals surface area contributed by atoms with Crippen LogP contribution < -0.4 is 10.5 Å². The number of ether oxygens (including phenoxy) is 1. The summed E-state index contributed by atoms with van der Waals surface area (Å²) in [5.41, 5.74) is 5.93. The Labute approximate surface area is 118 Å². The first-order chi connectivity index (χ1) is 9.59. The molecule has 1 aliphatic carbocycles. The van der Waals surface area contributed by atoms with Crippen molar-refractivity contribution in [1.29, 1.82) is 0 Å². The lowest BCUT2D eigenvalue weighted by Crippen LogP contribution is -2.41. The molecule has 0 aliphatic heterocycles. The van der Waals surface area contributed by atoms with Gasteiger partial charge in [-0.05, 0) is 25.0 Å². The average molecular weight is 280 g/mol. The summed E-state index contributed by atoms with van der Waals surface area (Å²) in [5.74, 6) is -0.189. The minimum absolute atomic E-state index is 0.0302. The second kappa shape index (κ2) is 6.70. The number of carbonyl (C=O) groups is 1. The number of rotatable bonds is 5. The minimum atomic E-state index is -0.390. The largest absolute Gasteiger partial charge is 0.489 e. The Hall–Kier alpha value is -1.62. The van der Waals surface area contributed by atoms with E-state index in [4.69, 9.17) is 10.5 Å². The summed E-state index contributed by atoms with van der Waals surface area (Å²) in [6.45, 7) is 0.696. The Kier molecular flexibility index (Phi) is 4.95. The summed E-state index contributed by atoms with van der Waals surface area (Å²) in [6.07, 6.45) is 2.78. The number of nitrogens with two attached hydrogens (primary N) is 1. The second-order valence-electron chi connectivity index (χ2n) is 5.24. The third kappa shape index (κ3) is 3.48. The Balaban J connectivity index is 1.79. The topological polar surface area (TPSA) is 55.6 Å². The summed E-state index contributed by atoms with van der Waals surface area (Å²) in [6, 6.07) is 6.22. The van der Waals surface area contributed by atoms with Gasteiger partial charge in [-0.15, -0.1) is 0 Å². The molecule has 2 rings (SSSR count). The molecular weight excluding hydrogens is 259 g/mol. The van der Waals surface area contributed by atoms with E-state index < -0.39 is 0 Å². The van der Waals surface area contributed by atoms with Crippen LogP contribution in [0.25, 0.3) is 0 Å². The van der Waals surface area contributed by atoms with Crippen LogP contribution in [0.3, 0.4) is 0 Å². The van der Waals surface area contributed by atoms with Crippen LogP contribution in [0, 0.1) is 11.7 Å². The van der Waals surface area contributed by atoms with Gasteiger partial charge in [0.15, 0.2) is 11.6 Å². The number of halogens is 1. The van der Waals surface area contributed by atoms with E-state index in [0.29, 0.717) is 6.54 Å². The van der Waals surface area contributed by atoms with E-state index in [1.807, 2.05) is 0 Å². The number of hydrogen-bond acceptors (Lipinski definition) is 3. The van der Waals surface area contributed by atoms with E-state index in [9.17, 15) is 9.18 Å². The lowest BCUT2D eigenvalue weighted by molar-refractivity contribution is -0.134. The molecule has 110 valence electrons. The highest BCUT2D eigenvalue weighted by molar-refractivity contribution is 5.79. The van der Waals surface area contributed by atoms with Crippen LogP contribution in [-0.2, 0) is 4.79 Å². The van der Waals surface area contributed by atoms with Gasteiger partial charge in [0.05, 0.1) is 12.5 Å². The van der Waals surface area contributed by atoms with Crippen molar-refractivity contribution < 1.29 is 13.9 Å². The lowest BCUT2D eigenvalue weighted by atomic mass is 10.0. The molecule has 2 atom stereocenters. The van der Waals surface area contributed by atoms with Crippen molar-refractivity contribution in [2.75, 3.05) is 20.2 Å². The normalized spacial score (nSPS) is 21.8. The molecular formula is C15H21FN2O2. The van der Waals surface area contributed by atoms with Crippen LogP contribution >= 0.6 is 0 Å². The van der Waals surface area contributed by atoms with Crippen molar-refractivity contribution in [2.24, 2.45) is 11.7 Å². The Morgan fingerprint density at radius 2 is 2.20 bits per heavy atom. The minimum Gasteiger partial charge on any atom is -0.489 e. The van der Waals surface area contributed by atoms with E-state index in [1.54, 1.807) is 30.1 Å². The molecule has 0 unspecified atom stereocenters. The fraction of sp³-hybridized carbons (Fsp3) is 0.533. The molecule has 0 saturated heterocycles. The summed E-state index contributed by atoms with van der Waals surface area (Å²) in [4.78, 5) is 13.8. The SMILES string of the molecule is CN(CCOc1ccccc1F)C(=O)[C@H]1CCC[C@H]1N. The number of amides is 1. The first kappa shape index (κ1) is 14.8. The summed E-state index contributed by atoms with van der Waals surface area (Å²) >= 11 is 0. The zero-order chi connectivity index (χ0) is 14.5. The quantitative estimate of drug-likeness (QED) is 0.894. The van der Waals surface area contributed by atoms with Gasteiger partial charge >= 0.3 is 0 Å². The van der Waals surface area contributed by atoms with Crippen molar-refractivity contribution in [3.8, 4) is 5.75 Å². The molecule has 1 aromatic carbocycles. The third-order valence-electron chi connectivity index (χ3n) is 3.78. The molecule has 2 N–H and O–H groups in total. The first-order valence-corrected chi connectivity index (χ1v) is 6.97. The van der Waals surface area contributed by atoms with Gasteiger partial charge in [-0.2, -0.15) is 0 Å². The molecule has 0 bridgehead atoms. The molecule has 1 aliphatic rings. The van der Waals surface area contributed by atoms with Crippen LogP contribution in [0.4, 0.5) is 4.39 Å². The summed E-state index contributed by atoms with van der Waals surface area (Å²) in [7, 11) is 1.73. The monoisotopic (exact) mass is 280 g/mol. The maximum atomic E-state index is 13.3. The van der Waals surface area contributed by atoms with Gasteiger partial charge in [0, 0.05) is 13.1 Å². The zero-order valence-electron chi connectivity index (χ0n) is 11.7. The van der Waals surface area contributed by atoms with Gasteiger partial charge in [-0.1, -0.05) is 18.6 Å². The maximum absolute atomic E-state index is 13.3. The fourth-order valence-corrected chi connectivity index (χ4v) is 2.54. The van der Waals surface area contributed by atoms with Crippen molar-refractivity contribution in [2.45, 2.75) is 25.3 Å². The van der Waals surface area contributed by atoms with Crippen LogP contribution in [0.15, 0.2) is 24.3 Å². The van der Waals surface area contributed by atoms with Crippen LogP contribution in [0.1, 0.15) is 19.3 Å². The Morgan fingerprint density at radius 1 is 1.45 bits per heavy atom. The van der Waals surface area contributed by atoms with Crippen molar-refractivity contribution in [1.82, 2.24) is 4.90 Å². The molecule has 1 amide bonds. The van der Waals surface area contributed by atoms with Gasteiger partial charge < -0.3 is 15.4 Å². The fourth-order valence-electron chi connectivity index (χ4n) is 2.54. The maximum Gasteiger partial charge on any atom is 0.227 e. The number of carbonyl (C=O) groups excluding carboxylic acids is 1. The molecule has 1 aromatic rings. The molecule has 0 spiro atoms. The van der Waals surface area contributed by atoms with E-state index in [1.165, 1.54) is 6.07 Å². The van der Waals surface area contributed by atoms with E-state index in [-0.39, 0.29) is 36.0 Å². The predicted molar refractivity (Wildman–Crippen MR) is 74.8 cm³/mol. The van der Waals surface area contributed by atoms with Crippen LogP contribution in [0.2, 0.25) is 0 Å². The third-order valence-corrected chi connectivity index (χ3v) is 3.78. The van der Waals surface area contributed by atoms with Gasteiger partial charge in [0.25, 0.3) is 0 Å². The standard InChI is InChI=1S/C15H21FN2O2/c1-18(15(19)11-5-4-7-13(11)17)9-10-20-14-8-3-2-6-12(14)16/h2-3,6,8,11,13H,4-5,7,9-10,17H2,1H3/t11-,13+/m0/s1. The van der Waals surface area contributed by atoms with Crippen molar-refractivity contribution >= 4 is 5.91 Å². The molecule has 1 saturated carbocycles. The van der Waals surface area contributed by atoms with Gasteiger partial charge in [0.2, 0.25) is 5.91 Å². The number of likely N-dealkylation sites (N-methyl/N-ethyl adjacent to an activating group) is 1. The number of nitrogens with zero attached hydrogens (tertiary/aromatic N) is 1. The average Bonchev–Trinajstić information content (AvgIpc) is 2.86. The highest BCUT2D eigenvalue weighted by atomic mass is 19.1. The molecule has 5 heteroatoms. The molecule has 20 heavy (non-hydrogen) atoms. The molecule has 0 heterocycles. The van der Waals surface area contributed by atoms with E-state index in [0.717, 1.165) is 19.3 Å². The zero-order valence-corrected chi connectivity index (χ0v) is 11.7. The number of hydrogen-bond donors (Lipinski definition) is 1. The predicted octanol–water partition coefficient (Wildman–Crippen LogP) is 1.79.